The number of aliphatic hydroxyl groups excluding tert-OH is 3. The first-order valence-corrected chi connectivity index (χ1v) is 14.6. The molecule has 0 spiro atoms. The van der Waals surface area contributed by atoms with Crippen LogP contribution in [0.25, 0.3) is 0 Å². The fraction of sp³-hybridized carbons (Fsp3) is 0.966. The Balaban J connectivity index is 0. The fourth-order valence-electron chi connectivity index (χ4n) is 4.49. The van der Waals surface area contributed by atoms with Gasteiger partial charge in [-0.1, -0.05) is 129 Å². The molecule has 0 rings (SSSR count). The van der Waals surface area contributed by atoms with Crippen molar-refractivity contribution in [3.8, 4) is 0 Å². The smallest absolute Gasteiger partial charge is 0.319 e. The Morgan fingerprint density at radius 3 is 1.23 bits per heavy atom. The maximum absolute atomic E-state index is 12.4. The maximum atomic E-state index is 12.4. The highest BCUT2D eigenvalue weighted by Crippen LogP contribution is 2.23. The number of hydrogen-bond acceptors (Lipinski definition) is 6. The van der Waals surface area contributed by atoms with Gasteiger partial charge in [-0.2, -0.15) is 0 Å². The van der Waals surface area contributed by atoms with Crippen LogP contribution in [0.4, 0.5) is 0 Å². The van der Waals surface area contributed by atoms with Crippen LogP contribution < -0.4 is 6.15 Å². The highest BCUT2D eigenvalue weighted by atomic mass is 16.5. The molecule has 0 aliphatic carbocycles. The van der Waals surface area contributed by atoms with Gasteiger partial charge in [0.15, 0.2) is 0 Å². The van der Waals surface area contributed by atoms with Crippen LogP contribution in [0.2, 0.25) is 0 Å². The van der Waals surface area contributed by atoms with E-state index < -0.39 is 31.2 Å². The molecule has 0 aliphatic heterocycles. The third kappa shape index (κ3) is 19.1. The van der Waals surface area contributed by atoms with Crippen LogP contribution >= 0.6 is 0 Å². The topological polar surface area (TPSA) is 122 Å². The number of unbranched alkanes of at least 4 members (excludes halogenated alkanes) is 16. The van der Waals surface area contributed by atoms with E-state index in [1.807, 2.05) is 0 Å². The first kappa shape index (κ1) is 36.5. The molecule has 1 unspecified atom stereocenters. The minimum atomic E-state index is -1.60. The van der Waals surface area contributed by atoms with E-state index in [-0.39, 0.29) is 6.15 Å². The van der Waals surface area contributed by atoms with Crippen molar-refractivity contribution in [1.29, 1.82) is 0 Å². The molecule has 6 heteroatoms. The fourth-order valence-corrected chi connectivity index (χ4v) is 4.49. The zero-order valence-corrected chi connectivity index (χ0v) is 23.4. The second kappa shape index (κ2) is 26.4. The third-order valence-corrected chi connectivity index (χ3v) is 7.22. The van der Waals surface area contributed by atoms with Gasteiger partial charge in [0.25, 0.3) is 0 Å². The molecule has 0 amide bonds. The molecule has 0 fully saturated rings. The van der Waals surface area contributed by atoms with Crippen molar-refractivity contribution < 1.29 is 24.9 Å². The summed E-state index contributed by atoms with van der Waals surface area (Å²) >= 11 is 0. The molecule has 0 heterocycles. The van der Waals surface area contributed by atoms with Crippen molar-refractivity contribution in [1.82, 2.24) is 6.15 Å². The predicted molar refractivity (Wildman–Crippen MR) is 147 cm³/mol. The lowest BCUT2D eigenvalue weighted by Gasteiger charge is -2.26. The predicted octanol–water partition coefficient (Wildman–Crippen LogP) is 7.11. The zero-order valence-electron chi connectivity index (χ0n) is 23.4. The zero-order chi connectivity index (χ0) is 25.3. The lowest BCUT2D eigenvalue weighted by atomic mass is 9.91. The van der Waals surface area contributed by atoms with Crippen molar-refractivity contribution in [3.63, 3.8) is 0 Å². The number of carbonyl (C=O) groups excluding carboxylic acids is 1. The summed E-state index contributed by atoms with van der Waals surface area (Å²) in [5.41, 5.74) is -1.60. The normalized spacial score (nSPS) is 12.4. The number of carbonyl (C=O) groups is 1. The second-order valence-corrected chi connectivity index (χ2v) is 10.5. The first-order valence-electron chi connectivity index (χ1n) is 14.6. The Labute approximate surface area is 217 Å². The van der Waals surface area contributed by atoms with E-state index in [9.17, 15) is 20.1 Å². The molecule has 0 bridgehead atoms. The number of ether oxygens (including phenoxy) is 1. The van der Waals surface area contributed by atoms with Crippen molar-refractivity contribution in [2.45, 2.75) is 142 Å². The molecule has 6 N–H and O–H groups in total. The van der Waals surface area contributed by atoms with E-state index in [1.54, 1.807) is 0 Å². The monoisotopic (exact) mass is 503 g/mol. The Kier molecular flexibility index (Phi) is 27.5. The maximum Gasteiger partial charge on any atom is 0.319 e. The molecule has 0 aromatic carbocycles. The first-order chi connectivity index (χ1) is 16.6. The van der Waals surface area contributed by atoms with E-state index in [4.69, 9.17) is 4.74 Å². The number of esters is 1. The van der Waals surface area contributed by atoms with E-state index in [2.05, 4.69) is 13.8 Å². The van der Waals surface area contributed by atoms with E-state index in [1.165, 1.54) is 103 Å². The van der Waals surface area contributed by atoms with Crippen LogP contribution in [-0.2, 0) is 9.53 Å². The molecule has 0 aliphatic rings. The van der Waals surface area contributed by atoms with Gasteiger partial charge in [-0.3, -0.25) is 4.79 Å². The quantitative estimate of drug-likeness (QED) is 0.0736. The van der Waals surface area contributed by atoms with E-state index >= 15 is 0 Å². The van der Waals surface area contributed by atoms with Gasteiger partial charge in [-0.05, 0) is 18.8 Å². The Hall–Kier alpha value is -0.690. The van der Waals surface area contributed by atoms with Gasteiger partial charge >= 0.3 is 5.97 Å². The summed E-state index contributed by atoms with van der Waals surface area (Å²) in [6, 6.07) is 0. The van der Waals surface area contributed by atoms with Gasteiger partial charge in [0.05, 0.1) is 26.4 Å². The molecule has 0 radical (unpaired) electrons. The summed E-state index contributed by atoms with van der Waals surface area (Å²) in [6.45, 7) is 2.98. The van der Waals surface area contributed by atoms with Gasteiger partial charge in [-0.15, -0.1) is 0 Å². The molecular weight excluding hydrogens is 442 g/mol. The highest BCUT2D eigenvalue weighted by molar-refractivity contribution is 5.77. The van der Waals surface area contributed by atoms with Gasteiger partial charge in [0.1, 0.15) is 5.41 Å². The Morgan fingerprint density at radius 2 is 0.914 bits per heavy atom. The van der Waals surface area contributed by atoms with Crippen LogP contribution in [0.1, 0.15) is 142 Å². The molecular formula is C29H61NO5. The van der Waals surface area contributed by atoms with E-state index in [0.29, 0.717) is 12.5 Å². The summed E-state index contributed by atoms with van der Waals surface area (Å²) in [4.78, 5) is 12.4. The summed E-state index contributed by atoms with van der Waals surface area (Å²) in [7, 11) is 0. The Bertz CT molecular complexity index is 435. The van der Waals surface area contributed by atoms with Gasteiger partial charge < -0.3 is 26.2 Å². The van der Waals surface area contributed by atoms with Crippen LogP contribution in [-0.4, -0.2) is 47.7 Å². The van der Waals surface area contributed by atoms with Gasteiger partial charge in [0, 0.05) is 0 Å². The minimum Gasteiger partial charge on any atom is -0.465 e. The molecule has 0 saturated carbocycles. The van der Waals surface area contributed by atoms with Gasteiger partial charge in [-0.25, -0.2) is 0 Å². The second-order valence-electron chi connectivity index (χ2n) is 10.5. The average molecular weight is 504 g/mol. The standard InChI is InChI=1S/C29H58O5.H3N/c1-3-5-7-9-11-13-14-16-18-20-22-27(21-19-17-15-12-10-8-6-4-2)23-34-28(33)29(24-30,25-31)26-32;/h27,30-32H,3-26H2,1-2H3;1H3. The summed E-state index contributed by atoms with van der Waals surface area (Å²) < 4.78 is 5.49. The van der Waals surface area contributed by atoms with Crippen LogP contribution in [0.5, 0.6) is 0 Å². The average Bonchev–Trinajstić information content (AvgIpc) is 2.86. The van der Waals surface area contributed by atoms with Crippen molar-refractivity contribution >= 4 is 5.97 Å². The highest BCUT2D eigenvalue weighted by Gasteiger charge is 2.39. The Morgan fingerprint density at radius 1 is 0.600 bits per heavy atom. The molecule has 0 aromatic rings. The van der Waals surface area contributed by atoms with Crippen molar-refractivity contribution in [2.75, 3.05) is 26.4 Å². The SMILES string of the molecule is CCCCCCCCCCCCC(CCCCCCCCCC)COC(=O)C(CO)(CO)CO.N. The number of aliphatic hydroxyl groups is 3. The van der Waals surface area contributed by atoms with Crippen molar-refractivity contribution in [2.24, 2.45) is 11.3 Å². The summed E-state index contributed by atoms with van der Waals surface area (Å²) in [5.74, 6) is -0.379. The van der Waals surface area contributed by atoms with Crippen LogP contribution in [0, 0.1) is 11.3 Å². The molecule has 0 aromatic heterocycles. The van der Waals surface area contributed by atoms with E-state index in [0.717, 1.165) is 25.7 Å². The number of rotatable bonds is 26. The summed E-state index contributed by atoms with van der Waals surface area (Å²) in [6.07, 6.45) is 25.4. The number of hydrogen-bond donors (Lipinski definition) is 4. The summed E-state index contributed by atoms with van der Waals surface area (Å²) in [5, 5.41) is 28.4. The van der Waals surface area contributed by atoms with Crippen LogP contribution in [0.15, 0.2) is 0 Å². The lowest BCUT2D eigenvalue weighted by Crippen LogP contribution is -2.43. The molecule has 1 atom stereocenters. The molecule has 212 valence electrons. The van der Waals surface area contributed by atoms with Crippen molar-refractivity contribution in [3.05, 3.63) is 0 Å². The minimum absolute atomic E-state index is 0. The third-order valence-electron chi connectivity index (χ3n) is 7.22. The van der Waals surface area contributed by atoms with Gasteiger partial charge in [0.2, 0.25) is 0 Å². The lowest BCUT2D eigenvalue weighted by molar-refractivity contribution is -0.166. The van der Waals surface area contributed by atoms with Crippen LogP contribution in [0.3, 0.4) is 0 Å². The molecule has 35 heavy (non-hydrogen) atoms. The molecule has 0 saturated heterocycles. The molecule has 6 nitrogen and oxygen atoms in total. The largest absolute Gasteiger partial charge is 0.465 e.